The molecule has 300 valence electrons. The second-order valence-electron chi connectivity index (χ2n) is 17.9. The number of hydrogen-bond donors (Lipinski definition) is 5. The van der Waals surface area contributed by atoms with Gasteiger partial charge in [-0.2, -0.15) is 0 Å². The van der Waals surface area contributed by atoms with Crippen molar-refractivity contribution in [1.29, 1.82) is 0 Å². The number of carbonyl (C=O) groups excluding carboxylic acids is 1. The van der Waals surface area contributed by atoms with Crippen molar-refractivity contribution in [1.82, 2.24) is 10.2 Å². The normalized spacial score (nSPS) is 32.5. The maximum absolute atomic E-state index is 13.2. The van der Waals surface area contributed by atoms with Crippen molar-refractivity contribution < 1.29 is 29.6 Å². The molecule has 10 heteroatoms. The van der Waals surface area contributed by atoms with Crippen molar-refractivity contribution in [3.05, 3.63) is 93.8 Å². The van der Waals surface area contributed by atoms with Crippen LogP contribution < -0.4 is 20.5 Å². The Hall–Kier alpha value is -4.68. The monoisotopic (exact) mass is 780 g/mol. The molecule has 6 N–H and O–H groups in total. The maximum atomic E-state index is 13.2. The van der Waals surface area contributed by atoms with Crippen LogP contribution in [0.2, 0.25) is 0 Å². The van der Waals surface area contributed by atoms with Crippen LogP contribution in [0.5, 0.6) is 11.5 Å². The van der Waals surface area contributed by atoms with Crippen molar-refractivity contribution in [3.8, 4) is 35.4 Å². The van der Waals surface area contributed by atoms with E-state index >= 15 is 0 Å². The lowest BCUT2D eigenvalue weighted by Gasteiger charge is -2.41. The summed E-state index contributed by atoms with van der Waals surface area (Å²) in [7, 11) is 0. The number of aliphatic imine (C=N–C) groups is 1. The van der Waals surface area contributed by atoms with Crippen molar-refractivity contribution in [2.75, 3.05) is 13.1 Å². The van der Waals surface area contributed by atoms with E-state index in [2.05, 4.69) is 46.4 Å². The molecule has 2 bridgehead atoms. The summed E-state index contributed by atoms with van der Waals surface area (Å²) in [6.45, 7) is 3.39. The summed E-state index contributed by atoms with van der Waals surface area (Å²) < 4.78 is 13.3. The number of hydrogen-bond acceptors (Lipinski definition) is 10. The van der Waals surface area contributed by atoms with Gasteiger partial charge in [0, 0.05) is 49.2 Å². The van der Waals surface area contributed by atoms with E-state index in [0.29, 0.717) is 36.8 Å². The van der Waals surface area contributed by atoms with E-state index < -0.39 is 41.8 Å². The van der Waals surface area contributed by atoms with Crippen LogP contribution in [0.15, 0.2) is 71.0 Å². The number of nitrogens with two attached hydrogens (primary N) is 1. The molecular weight excluding hydrogens is 729 g/mol. The number of rotatable bonds is 6. The van der Waals surface area contributed by atoms with Crippen LogP contribution in [0.1, 0.15) is 117 Å². The van der Waals surface area contributed by atoms with Crippen molar-refractivity contribution in [3.63, 3.8) is 0 Å². The van der Waals surface area contributed by atoms with E-state index in [9.17, 15) is 20.1 Å². The number of aliphatic hydroxyl groups excluding tert-OH is 3. The van der Waals surface area contributed by atoms with Gasteiger partial charge in [-0.1, -0.05) is 67.9 Å². The Bertz CT molecular complexity index is 2280. The summed E-state index contributed by atoms with van der Waals surface area (Å²) in [6, 6.07) is 9.83. The first kappa shape index (κ1) is 37.6. The SMILES string of the molecule is C[C@@H]1C=C[C@H]([C@@H](O)CC(=O)CCc2ccc3c(c2)O[C@H]2[C@H](C#C[C@H](O)c4ccc5c6c4[C@@H](CC[C@H]6CN[C@H]5N)C4=CN=C5CN2C=C45)C2(C#CO3)CCCC2)[C@@H](O)C1. The Kier molecular flexibility index (Phi) is 9.62. The summed E-state index contributed by atoms with van der Waals surface area (Å²) in [5.41, 5.74) is 14.6. The molecule has 10 nitrogen and oxygen atoms in total. The molecule has 0 aromatic heterocycles. The van der Waals surface area contributed by atoms with Crippen LogP contribution in [-0.2, 0) is 11.2 Å². The Labute approximate surface area is 340 Å². The smallest absolute Gasteiger partial charge is 0.187 e. The number of fused-ring (bicyclic) bond motifs is 6. The van der Waals surface area contributed by atoms with E-state index in [1.165, 1.54) is 5.56 Å². The minimum Gasteiger partial charge on any atom is -0.465 e. The summed E-state index contributed by atoms with van der Waals surface area (Å²) >= 11 is 0. The number of ether oxygens (including phenoxy) is 2. The lowest BCUT2D eigenvalue weighted by atomic mass is 9.67. The molecule has 1 saturated carbocycles. The first-order valence-corrected chi connectivity index (χ1v) is 21.3. The van der Waals surface area contributed by atoms with Crippen LogP contribution in [0, 0.1) is 47.0 Å². The van der Waals surface area contributed by atoms with Gasteiger partial charge in [-0.25, -0.2) is 0 Å². The summed E-state index contributed by atoms with van der Waals surface area (Å²) in [5.74, 6) is 11.2. The van der Waals surface area contributed by atoms with E-state index in [4.69, 9.17) is 20.2 Å². The molecule has 1 fully saturated rings. The van der Waals surface area contributed by atoms with E-state index in [1.54, 1.807) is 0 Å². The number of aryl methyl sites for hydroxylation is 1. The Morgan fingerprint density at radius 1 is 1.09 bits per heavy atom. The molecule has 5 heterocycles. The van der Waals surface area contributed by atoms with Gasteiger partial charge in [0.25, 0.3) is 0 Å². The summed E-state index contributed by atoms with van der Waals surface area (Å²) in [5, 5.41) is 37.0. The van der Waals surface area contributed by atoms with Crippen LogP contribution in [0.4, 0.5) is 0 Å². The number of aliphatic hydroxyl groups is 3. The maximum Gasteiger partial charge on any atom is 0.187 e. The molecule has 10 rings (SSSR count). The molecule has 3 aliphatic carbocycles. The molecule has 5 aliphatic heterocycles. The molecule has 58 heavy (non-hydrogen) atoms. The average molecular weight is 781 g/mol. The summed E-state index contributed by atoms with van der Waals surface area (Å²) in [6.07, 6.45) is 14.6. The Balaban J connectivity index is 1.00. The number of ketones is 1. The van der Waals surface area contributed by atoms with E-state index in [1.807, 2.05) is 49.5 Å². The molecule has 0 saturated heterocycles. The van der Waals surface area contributed by atoms with Crippen LogP contribution >= 0.6 is 0 Å². The van der Waals surface area contributed by atoms with Gasteiger partial charge in [0.1, 0.15) is 18.0 Å². The Morgan fingerprint density at radius 3 is 2.78 bits per heavy atom. The van der Waals surface area contributed by atoms with Crippen LogP contribution in [0.25, 0.3) is 0 Å². The highest BCUT2D eigenvalue weighted by atomic mass is 16.5. The lowest BCUT2D eigenvalue weighted by Crippen LogP contribution is -2.47. The van der Waals surface area contributed by atoms with Gasteiger partial charge in [-0.15, -0.1) is 0 Å². The molecule has 10 atom stereocenters. The van der Waals surface area contributed by atoms with Gasteiger partial charge >= 0.3 is 0 Å². The van der Waals surface area contributed by atoms with Crippen molar-refractivity contribution in [2.45, 2.75) is 114 Å². The van der Waals surface area contributed by atoms with Gasteiger partial charge < -0.3 is 35.4 Å². The number of carbonyl (C=O) groups is 1. The second-order valence-corrected chi connectivity index (χ2v) is 17.9. The largest absolute Gasteiger partial charge is 0.465 e. The van der Waals surface area contributed by atoms with Gasteiger partial charge in [0.15, 0.2) is 17.7 Å². The molecular formula is C48H52N4O6. The van der Waals surface area contributed by atoms with Crippen LogP contribution in [0.3, 0.4) is 0 Å². The highest BCUT2D eigenvalue weighted by Crippen LogP contribution is 2.53. The zero-order chi connectivity index (χ0) is 39.7. The van der Waals surface area contributed by atoms with Crippen molar-refractivity contribution in [2.24, 2.45) is 33.9 Å². The minimum atomic E-state index is -1.03. The number of nitrogens with zero attached hydrogens (tertiary/aromatic N) is 2. The third kappa shape index (κ3) is 6.51. The molecule has 2 aromatic carbocycles. The third-order valence-electron chi connectivity index (χ3n) is 14.2. The topological polar surface area (TPSA) is 150 Å². The molecule has 1 spiro atoms. The van der Waals surface area contributed by atoms with Crippen molar-refractivity contribution >= 4 is 11.5 Å². The zero-order valence-electron chi connectivity index (χ0n) is 33.0. The molecule has 0 amide bonds. The van der Waals surface area contributed by atoms with Gasteiger partial charge in [-0.3, -0.25) is 15.1 Å². The highest BCUT2D eigenvalue weighted by Gasteiger charge is 2.49. The minimum absolute atomic E-state index is 0.0139. The number of benzene rings is 2. The number of Topliss-reactive ketones (excluding diaryl/α,β-unsaturated/α-hetero) is 1. The second kappa shape index (κ2) is 14.9. The first-order chi connectivity index (χ1) is 28.2. The molecule has 2 aromatic rings. The predicted molar refractivity (Wildman–Crippen MR) is 219 cm³/mol. The number of allylic oxidation sites excluding steroid dienone is 2. The molecule has 0 unspecified atom stereocenters. The third-order valence-corrected chi connectivity index (χ3v) is 14.2. The molecule has 0 radical (unpaired) electrons. The predicted octanol–water partition coefficient (Wildman–Crippen LogP) is 5.56. The fourth-order valence-electron chi connectivity index (χ4n) is 11.1. The van der Waals surface area contributed by atoms with Gasteiger partial charge in [-0.05, 0) is 95.9 Å². The lowest BCUT2D eigenvalue weighted by molar-refractivity contribution is -0.122. The standard InChI is InChI=1S/C48H52N4O6/c1-27-4-9-32(40(55)20-27)41(56)22-30(53)8-5-28-6-15-42-43(21-28)58-47-37(48(18-19-57-42)16-2-3-17-48)13-14-39(54)33-11-12-34-44-29(23-51-46(34)49)7-10-31(45(33)44)35-24-50-38-26-52(47)25-36(35)38/h4,6,9,11-12,15,21,24-25,27,29,31-32,37,39-41,46-47,51,54-56H,2-3,5,7-8,10,16-17,20,22-23,26,49H2,1H3/t27-,29+,31+,32+,37+,39+,40+,41+,46-,47+/m1/s1. The average Bonchev–Trinajstić information content (AvgIpc) is 3.96. The zero-order valence-corrected chi connectivity index (χ0v) is 33.0. The fraction of sp³-hybridized carbons (Fsp3) is 0.500. The summed E-state index contributed by atoms with van der Waals surface area (Å²) in [4.78, 5) is 20.4. The number of nitrogens with one attached hydrogen (secondary N) is 1. The molecule has 8 aliphatic rings. The van der Waals surface area contributed by atoms with E-state index in [0.717, 1.165) is 84.2 Å². The fourth-order valence-corrected chi connectivity index (χ4v) is 11.1. The highest BCUT2D eigenvalue weighted by molar-refractivity contribution is 6.09. The van der Waals surface area contributed by atoms with Gasteiger partial charge in [0.2, 0.25) is 0 Å². The Morgan fingerprint density at radius 2 is 1.93 bits per heavy atom. The first-order valence-electron chi connectivity index (χ1n) is 21.3. The quantitative estimate of drug-likeness (QED) is 0.188. The van der Waals surface area contributed by atoms with Gasteiger partial charge in [0.05, 0.1) is 42.0 Å². The van der Waals surface area contributed by atoms with Crippen LogP contribution in [-0.4, -0.2) is 63.2 Å². The van der Waals surface area contributed by atoms with E-state index in [-0.39, 0.29) is 36.6 Å².